The summed E-state index contributed by atoms with van der Waals surface area (Å²) in [6.07, 6.45) is 3.12. The van der Waals surface area contributed by atoms with Crippen molar-refractivity contribution in [1.29, 1.82) is 0 Å². The summed E-state index contributed by atoms with van der Waals surface area (Å²) in [5.74, 6) is -0.808. The van der Waals surface area contributed by atoms with Gasteiger partial charge in [0.05, 0.1) is 12.7 Å². The van der Waals surface area contributed by atoms with Crippen molar-refractivity contribution in [1.82, 2.24) is 14.9 Å². The predicted octanol–water partition coefficient (Wildman–Crippen LogP) is 4.32. The number of rotatable bonds is 10. The van der Waals surface area contributed by atoms with Crippen LogP contribution in [-0.4, -0.2) is 38.3 Å². The van der Waals surface area contributed by atoms with Crippen LogP contribution in [0.5, 0.6) is 0 Å². The number of benzene rings is 1. The van der Waals surface area contributed by atoms with Gasteiger partial charge in [-0.1, -0.05) is 68.8 Å². The fourth-order valence-electron chi connectivity index (χ4n) is 2.70. The predicted molar refractivity (Wildman–Crippen MR) is 112 cm³/mol. The maximum atomic E-state index is 12.9. The molecule has 0 aliphatic rings. The minimum absolute atomic E-state index is 0.185. The first-order valence-electron chi connectivity index (χ1n) is 9.34. The molecule has 1 amide bonds. The molecule has 0 spiro atoms. The first kappa shape index (κ1) is 22.3. The minimum atomic E-state index is -1.04. The zero-order chi connectivity index (χ0) is 20.7. The van der Waals surface area contributed by atoms with Gasteiger partial charge >= 0.3 is 5.97 Å². The van der Waals surface area contributed by atoms with Crippen molar-refractivity contribution >= 4 is 35.2 Å². The Morgan fingerprint density at radius 2 is 2.04 bits per heavy atom. The molecule has 0 aliphatic carbocycles. The number of nitrogens with zero attached hydrogens (tertiary/aromatic N) is 2. The van der Waals surface area contributed by atoms with Crippen molar-refractivity contribution in [3.8, 4) is 0 Å². The second-order valence-corrected chi connectivity index (χ2v) is 8.10. The Morgan fingerprint density at radius 3 is 2.64 bits per heavy atom. The highest BCUT2D eigenvalue weighted by molar-refractivity contribution is 7.99. The van der Waals surface area contributed by atoms with Crippen LogP contribution < -0.4 is 5.32 Å². The highest BCUT2D eigenvalue weighted by atomic mass is 35.5. The summed E-state index contributed by atoms with van der Waals surface area (Å²) in [5, 5.41) is 13.4. The first-order chi connectivity index (χ1) is 13.4. The van der Waals surface area contributed by atoms with Gasteiger partial charge in [-0.3, -0.25) is 4.79 Å². The maximum Gasteiger partial charge on any atom is 0.326 e. The Kier molecular flexibility index (Phi) is 8.38. The Balaban J connectivity index is 2.34. The number of halogens is 1. The molecule has 2 rings (SSSR count). The zero-order valence-electron chi connectivity index (χ0n) is 16.3. The Hall–Kier alpha value is -1.99. The number of imidazole rings is 1. The van der Waals surface area contributed by atoms with Crippen LogP contribution in [-0.2, 0) is 11.3 Å². The first-order valence-corrected chi connectivity index (χ1v) is 10.7. The lowest BCUT2D eigenvalue weighted by Gasteiger charge is -2.20. The molecule has 2 N–H and O–H groups in total. The van der Waals surface area contributed by atoms with Gasteiger partial charge in [0.15, 0.2) is 5.16 Å². The number of carbonyl (C=O) groups is 2. The fraction of sp³-hybridized carbons (Fsp3) is 0.450. The van der Waals surface area contributed by atoms with E-state index in [1.807, 2.05) is 32.0 Å². The molecule has 0 radical (unpaired) electrons. The number of amides is 1. The summed E-state index contributed by atoms with van der Waals surface area (Å²) < 4.78 is 1.80. The monoisotopic (exact) mass is 423 g/mol. The van der Waals surface area contributed by atoms with Crippen LogP contribution in [0.15, 0.2) is 35.6 Å². The number of hydrogen-bond acceptors (Lipinski definition) is 4. The lowest BCUT2D eigenvalue weighted by atomic mass is 9.99. The van der Waals surface area contributed by atoms with Crippen LogP contribution in [0.25, 0.3) is 0 Å². The molecular weight excluding hydrogens is 398 g/mol. The van der Waals surface area contributed by atoms with Gasteiger partial charge in [-0.25, -0.2) is 9.78 Å². The maximum absolute atomic E-state index is 12.9. The molecule has 28 heavy (non-hydrogen) atoms. The van der Waals surface area contributed by atoms with E-state index in [-0.39, 0.29) is 5.92 Å². The van der Waals surface area contributed by atoms with Gasteiger partial charge in [0.1, 0.15) is 11.7 Å². The van der Waals surface area contributed by atoms with E-state index in [4.69, 9.17) is 11.6 Å². The lowest BCUT2D eigenvalue weighted by molar-refractivity contribution is -0.140. The molecule has 0 bridgehead atoms. The van der Waals surface area contributed by atoms with Crippen molar-refractivity contribution in [3.63, 3.8) is 0 Å². The number of thioether (sulfide) groups is 1. The SMILES string of the molecule is CCCSc1ncc(C(=O)N[C@H](C(=O)O)C(C)CC)n1Cc1ccccc1Cl. The number of aliphatic carboxylic acids is 1. The largest absolute Gasteiger partial charge is 0.480 e. The average molecular weight is 424 g/mol. The van der Waals surface area contributed by atoms with E-state index in [1.165, 1.54) is 6.20 Å². The molecule has 8 heteroatoms. The van der Waals surface area contributed by atoms with Gasteiger partial charge in [0, 0.05) is 10.8 Å². The van der Waals surface area contributed by atoms with Gasteiger partial charge in [0.2, 0.25) is 0 Å². The number of aromatic nitrogens is 2. The van der Waals surface area contributed by atoms with Gasteiger partial charge in [-0.2, -0.15) is 0 Å². The van der Waals surface area contributed by atoms with Gasteiger partial charge in [-0.05, 0) is 24.0 Å². The smallest absolute Gasteiger partial charge is 0.326 e. The molecule has 1 unspecified atom stereocenters. The zero-order valence-corrected chi connectivity index (χ0v) is 17.9. The molecule has 2 aromatic rings. The van der Waals surface area contributed by atoms with Crippen LogP contribution in [0.3, 0.4) is 0 Å². The summed E-state index contributed by atoms with van der Waals surface area (Å²) in [6.45, 7) is 6.16. The van der Waals surface area contributed by atoms with Crippen molar-refractivity contribution in [2.45, 2.75) is 51.4 Å². The van der Waals surface area contributed by atoms with E-state index < -0.39 is 17.9 Å². The average Bonchev–Trinajstić information content (AvgIpc) is 3.07. The van der Waals surface area contributed by atoms with Crippen LogP contribution >= 0.6 is 23.4 Å². The lowest BCUT2D eigenvalue weighted by Crippen LogP contribution is -2.45. The second kappa shape index (κ2) is 10.5. The Bertz CT molecular complexity index is 825. The normalized spacial score (nSPS) is 13.1. The molecule has 1 aromatic carbocycles. The van der Waals surface area contributed by atoms with E-state index in [0.717, 1.165) is 17.7 Å². The number of hydrogen-bond donors (Lipinski definition) is 2. The van der Waals surface area contributed by atoms with Gasteiger partial charge in [0.25, 0.3) is 5.91 Å². The van der Waals surface area contributed by atoms with E-state index in [9.17, 15) is 14.7 Å². The van der Waals surface area contributed by atoms with Crippen molar-refractivity contribution in [2.75, 3.05) is 5.75 Å². The third-order valence-electron chi connectivity index (χ3n) is 4.54. The van der Waals surface area contributed by atoms with Crippen molar-refractivity contribution < 1.29 is 14.7 Å². The summed E-state index contributed by atoms with van der Waals surface area (Å²) in [5.41, 5.74) is 1.19. The van der Waals surface area contributed by atoms with Crippen LogP contribution in [0.1, 0.15) is 49.7 Å². The molecule has 1 heterocycles. The molecule has 0 aliphatic heterocycles. The number of carboxylic acid groups (broad SMARTS) is 1. The highest BCUT2D eigenvalue weighted by Crippen LogP contribution is 2.24. The van der Waals surface area contributed by atoms with Gasteiger partial charge in [-0.15, -0.1) is 0 Å². The summed E-state index contributed by atoms with van der Waals surface area (Å²) >= 11 is 7.86. The standard InChI is InChI=1S/C20H26ClN3O3S/c1-4-10-28-20-22-11-16(18(25)23-17(19(26)27)13(3)5-2)24(20)12-14-8-6-7-9-15(14)21/h6-9,11,13,17H,4-5,10,12H2,1-3H3,(H,23,25)(H,26,27)/t13?,17-/m0/s1. The molecule has 1 aromatic heterocycles. The molecule has 0 saturated carbocycles. The van der Waals surface area contributed by atoms with Crippen molar-refractivity contribution in [3.05, 3.63) is 46.7 Å². The second-order valence-electron chi connectivity index (χ2n) is 6.63. The summed E-state index contributed by atoms with van der Waals surface area (Å²) in [6, 6.07) is 6.49. The molecule has 0 saturated heterocycles. The Morgan fingerprint density at radius 1 is 1.32 bits per heavy atom. The third kappa shape index (κ3) is 5.52. The van der Waals surface area contributed by atoms with E-state index in [1.54, 1.807) is 22.4 Å². The molecular formula is C20H26ClN3O3S. The highest BCUT2D eigenvalue weighted by Gasteiger charge is 2.27. The fourth-order valence-corrected chi connectivity index (χ4v) is 3.72. The van der Waals surface area contributed by atoms with E-state index in [0.29, 0.717) is 28.8 Å². The van der Waals surface area contributed by atoms with Gasteiger partial charge < -0.3 is 15.0 Å². The summed E-state index contributed by atoms with van der Waals surface area (Å²) in [4.78, 5) is 28.9. The molecule has 0 fully saturated rings. The van der Waals surface area contributed by atoms with E-state index >= 15 is 0 Å². The number of nitrogens with one attached hydrogen (secondary N) is 1. The van der Waals surface area contributed by atoms with Crippen LogP contribution in [0.2, 0.25) is 5.02 Å². The van der Waals surface area contributed by atoms with Crippen molar-refractivity contribution in [2.24, 2.45) is 5.92 Å². The number of carboxylic acids is 1. The summed E-state index contributed by atoms with van der Waals surface area (Å²) in [7, 11) is 0. The number of carbonyl (C=O) groups excluding carboxylic acids is 1. The molecule has 152 valence electrons. The van der Waals surface area contributed by atoms with E-state index in [2.05, 4.69) is 17.2 Å². The third-order valence-corrected chi connectivity index (χ3v) is 6.10. The quantitative estimate of drug-likeness (QED) is 0.556. The molecule has 2 atom stereocenters. The topological polar surface area (TPSA) is 84.2 Å². The molecule has 6 nitrogen and oxygen atoms in total. The van der Waals surface area contributed by atoms with Crippen LogP contribution in [0.4, 0.5) is 0 Å². The van der Waals surface area contributed by atoms with Crippen LogP contribution in [0, 0.1) is 5.92 Å². The Labute approximate surface area is 174 Å². The minimum Gasteiger partial charge on any atom is -0.480 e.